The van der Waals surface area contributed by atoms with Crippen LogP contribution < -0.4 is 4.74 Å². The van der Waals surface area contributed by atoms with E-state index in [0.717, 1.165) is 30.8 Å². The van der Waals surface area contributed by atoms with Crippen molar-refractivity contribution in [2.75, 3.05) is 6.61 Å². The van der Waals surface area contributed by atoms with Gasteiger partial charge in [0.25, 0.3) is 0 Å². The lowest BCUT2D eigenvalue weighted by Crippen LogP contribution is -2.11. The third-order valence-corrected chi connectivity index (χ3v) is 2.77. The SMILES string of the molecule is CCC(CC)COc1ccccc1CO. The Bertz CT molecular complexity index is 280. The summed E-state index contributed by atoms with van der Waals surface area (Å²) in [5.74, 6) is 1.42. The van der Waals surface area contributed by atoms with Gasteiger partial charge < -0.3 is 9.84 Å². The Kier molecular flexibility index (Phi) is 5.19. The van der Waals surface area contributed by atoms with Gasteiger partial charge in [0, 0.05) is 5.56 Å². The van der Waals surface area contributed by atoms with E-state index in [1.807, 2.05) is 24.3 Å². The highest BCUT2D eigenvalue weighted by atomic mass is 16.5. The molecule has 0 atom stereocenters. The molecular weight excluding hydrogens is 188 g/mol. The number of benzene rings is 1. The second kappa shape index (κ2) is 6.46. The first-order chi connectivity index (χ1) is 7.31. The molecule has 0 fully saturated rings. The smallest absolute Gasteiger partial charge is 0.124 e. The van der Waals surface area contributed by atoms with Crippen LogP contribution >= 0.6 is 0 Å². The molecule has 1 N–H and O–H groups in total. The Hall–Kier alpha value is -1.02. The van der Waals surface area contributed by atoms with E-state index < -0.39 is 0 Å². The zero-order valence-electron chi connectivity index (χ0n) is 9.57. The number of ether oxygens (including phenoxy) is 1. The highest BCUT2D eigenvalue weighted by Gasteiger charge is 2.06. The van der Waals surface area contributed by atoms with Crippen molar-refractivity contribution in [1.82, 2.24) is 0 Å². The number of hydrogen-bond acceptors (Lipinski definition) is 2. The van der Waals surface area contributed by atoms with E-state index in [9.17, 15) is 0 Å². The average Bonchev–Trinajstić information content (AvgIpc) is 2.31. The fraction of sp³-hybridized carbons (Fsp3) is 0.538. The summed E-state index contributed by atoms with van der Waals surface area (Å²) in [7, 11) is 0. The Labute approximate surface area is 91.9 Å². The van der Waals surface area contributed by atoms with Gasteiger partial charge in [-0.25, -0.2) is 0 Å². The predicted molar refractivity (Wildman–Crippen MR) is 61.9 cm³/mol. The van der Waals surface area contributed by atoms with Crippen LogP contribution in [0.25, 0.3) is 0 Å². The van der Waals surface area contributed by atoms with E-state index in [4.69, 9.17) is 9.84 Å². The van der Waals surface area contributed by atoms with Crippen LogP contribution in [0, 0.1) is 5.92 Å². The lowest BCUT2D eigenvalue weighted by Gasteiger charge is -2.15. The number of aliphatic hydroxyl groups excluding tert-OH is 1. The number of aliphatic hydroxyl groups is 1. The van der Waals surface area contributed by atoms with Gasteiger partial charge in [0.2, 0.25) is 0 Å². The maximum atomic E-state index is 9.12. The van der Waals surface area contributed by atoms with E-state index in [1.165, 1.54) is 0 Å². The molecule has 15 heavy (non-hydrogen) atoms. The number of hydrogen-bond donors (Lipinski definition) is 1. The van der Waals surface area contributed by atoms with Gasteiger partial charge in [-0.05, 0) is 12.0 Å². The molecule has 1 rings (SSSR count). The largest absolute Gasteiger partial charge is 0.493 e. The van der Waals surface area contributed by atoms with Gasteiger partial charge >= 0.3 is 0 Å². The lowest BCUT2D eigenvalue weighted by atomic mass is 10.1. The van der Waals surface area contributed by atoms with Crippen LogP contribution in [0.15, 0.2) is 24.3 Å². The molecular formula is C13H20O2. The third kappa shape index (κ3) is 3.56. The van der Waals surface area contributed by atoms with Crippen LogP contribution in [0.5, 0.6) is 5.75 Å². The van der Waals surface area contributed by atoms with Crippen molar-refractivity contribution < 1.29 is 9.84 Å². The molecule has 0 aliphatic carbocycles. The summed E-state index contributed by atoms with van der Waals surface area (Å²) in [6.07, 6.45) is 2.27. The molecule has 0 saturated heterocycles. The number of para-hydroxylation sites is 1. The van der Waals surface area contributed by atoms with Crippen molar-refractivity contribution in [2.45, 2.75) is 33.3 Å². The van der Waals surface area contributed by atoms with Gasteiger partial charge in [0.15, 0.2) is 0 Å². The zero-order chi connectivity index (χ0) is 11.1. The molecule has 0 amide bonds. The van der Waals surface area contributed by atoms with Crippen molar-refractivity contribution in [1.29, 1.82) is 0 Å². The molecule has 84 valence electrons. The molecule has 0 aromatic heterocycles. The standard InChI is InChI=1S/C13H20O2/c1-3-11(4-2)10-15-13-8-6-5-7-12(13)9-14/h5-8,11,14H,3-4,9-10H2,1-2H3. The Morgan fingerprint density at radius 2 is 1.87 bits per heavy atom. The highest BCUT2D eigenvalue weighted by molar-refractivity contribution is 5.32. The summed E-state index contributed by atoms with van der Waals surface area (Å²) in [4.78, 5) is 0. The molecule has 2 heteroatoms. The molecule has 0 aliphatic rings. The van der Waals surface area contributed by atoms with Gasteiger partial charge in [-0.3, -0.25) is 0 Å². The molecule has 0 saturated carbocycles. The maximum Gasteiger partial charge on any atom is 0.124 e. The van der Waals surface area contributed by atoms with Crippen LogP contribution in [0.4, 0.5) is 0 Å². The van der Waals surface area contributed by atoms with E-state index in [-0.39, 0.29) is 6.61 Å². The fourth-order valence-electron chi connectivity index (χ4n) is 1.51. The van der Waals surface area contributed by atoms with Gasteiger partial charge in [-0.2, -0.15) is 0 Å². The van der Waals surface area contributed by atoms with E-state index in [1.54, 1.807) is 0 Å². The molecule has 0 aliphatic heterocycles. The van der Waals surface area contributed by atoms with Crippen LogP contribution in [-0.2, 0) is 6.61 Å². The van der Waals surface area contributed by atoms with Crippen molar-refractivity contribution in [3.63, 3.8) is 0 Å². The van der Waals surface area contributed by atoms with E-state index in [2.05, 4.69) is 13.8 Å². The van der Waals surface area contributed by atoms with Gasteiger partial charge in [0.05, 0.1) is 13.2 Å². The second-order valence-corrected chi connectivity index (χ2v) is 3.76. The quantitative estimate of drug-likeness (QED) is 0.778. The first-order valence-electron chi connectivity index (χ1n) is 5.63. The summed E-state index contributed by atoms with van der Waals surface area (Å²) >= 11 is 0. The van der Waals surface area contributed by atoms with Crippen LogP contribution in [0.2, 0.25) is 0 Å². The molecule has 1 aromatic rings. The van der Waals surface area contributed by atoms with Crippen molar-refractivity contribution in [3.8, 4) is 5.75 Å². The summed E-state index contributed by atoms with van der Waals surface area (Å²) < 4.78 is 5.71. The lowest BCUT2D eigenvalue weighted by molar-refractivity contribution is 0.226. The van der Waals surface area contributed by atoms with Crippen molar-refractivity contribution >= 4 is 0 Å². The molecule has 0 unspecified atom stereocenters. The molecule has 0 spiro atoms. The molecule has 1 aromatic carbocycles. The van der Waals surface area contributed by atoms with Gasteiger partial charge in [0.1, 0.15) is 5.75 Å². The Morgan fingerprint density at radius 3 is 2.47 bits per heavy atom. The van der Waals surface area contributed by atoms with Crippen molar-refractivity contribution in [3.05, 3.63) is 29.8 Å². The fourth-order valence-corrected chi connectivity index (χ4v) is 1.51. The molecule has 2 nitrogen and oxygen atoms in total. The summed E-state index contributed by atoms with van der Waals surface area (Å²) in [6.45, 7) is 5.13. The summed E-state index contributed by atoms with van der Waals surface area (Å²) in [6, 6.07) is 7.65. The normalized spacial score (nSPS) is 10.7. The van der Waals surface area contributed by atoms with E-state index >= 15 is 0 Å². The van der Waals surface area contributed by atoms with Gasteiger partial charge in [-0.15, -0.1) is 0 Å². The van der Waals surface area contributed by atoms with E-state index in [0.29, 0.717) is 5.92 Å². The second-order valence-electron chi connectivity index (χ2n) is 3.76. The Balaban J connectivity index is 2.56. The molecule has 0 radical (unpaired) electrons. The minimum absolute atomic E-state index is 0.0408. The topological polar surface area (TPSA) is 29.5 Å². The van der Waals surface area contributed by atoms with Crippen LogP contribution in [0.3, 0.4) is 0 Å². The summed E-state index contributed by atoms with van der Waals surface area (Å²) in [5.41, 5.74) is 0.864. The minimum Gasteiger partial charge on any atom is -0.493 e. The molecule has 0 heterocycles. The average molecular weight is 208 g/mol. The molecule has 0 bridgehead atoms. The summed E-state index contributed by atoms with van der Waals surface area (Å²) in [5, 5.41) is 9.12. The maximum absolute atomic E-state index is 9.12. The van der Waals surface area contributed by atoms with Gasteiger partial charge in [-0.1, -0.05) is 44.9 Å². The number of rotatable bonds is 6. The monoisotopic (exact) mass is 208 g/mol. The third-order valence-electron chi connectivity index (χ3n) is 2.77. The zero-order valence-corrected chi connectivity index (χ0v) is 9.57. The first-order valence-corrected chi connectivity index (χ1v) is 5.63. The van der Waals surface area contributed by atoms with Crippen LogP contribution in [0.1, 0.15) is 32.3 Å². The van der Waals surface area contributed by atoms with Crippen molar-refractivity contribution in [2.24, 2.45) is 5.92 Å². The minimum atomic E-state index is 0.0408. The highest BCUT2D eigenvalue weighted by Crippen LogP contribution is 2.19. The van der Waals surface area contributed by atoms with Crippen LogP contribution in [-0.4, -0.2) is 11.7 Å². The predicted octanol–water partition coefficient (Wildman–Crippen LogP) is 2.99. The Morgan fingerprint density at radius 1 is 1.20 bits per heavy atom. The first kappa shape index (κ1) is 12.1.